The summed E-state index contributed by atoms with van der Waals surface area (Å²) in [6.07, 6.45) is 1.21. The van der Waals surface area contributed by atoms with E-state index >= 15 is 0 Å². The highest BCUT2D eigenvalue weighted by molar-refractivity contribution is 5.79. The van der Waals surface area contributed by atoms with Crippen LogP contribution in [-0.4, -0.2) is 31.3 Å². The highest BCUT2D eigenvalue weighted by Crippen LogP contribution is 2.20. The van der Waals surface area contributed by atoms with Gasteiger partial charge < -0.3 is 9.30 Å². The number of hydrogen-bond donors (Lipinski definition) is 0. The summed E-state index contributed by atoms with van der Waals surface area (Å²) in [7, 11) is 0. The Morgan fingerprint density at radius 3 is 2.57 bits per heavy atom. The maximum absolute atomic E-state index is 14.4. The third-order valence-corrected chi connectivity index (χ3v) is 4.37. The standard InChI is InChI=1S/C18H18F2N4O4/c1-4-22-16(25)14-15(21-9-23(14)10(3)17(26)28-5-2)24(18(22)27)13-7-6-11(19)8-12(13)20/h6-10H,4-5H2,1-3H3/t10-/m1/s1. The summed E-state index contributed by atoms with van der Waals surface area (Å²) in [5.41, 5.74) is -1.95. The number of esters is 1. The number of nitrogens with zero attached hydrogens (tertiary/aromatic N) is 4. The third-order valence-electron chi connectivity index (χ3n) is 4.37. The Bertz CT molecular complexity index is 1180. The summed E-state index contributed by atoms with van der Waals surface area (Å²) in [4.78, 5) is 41.8. The molecule has 10 heteroatoms. The van der Waals surface area contributed by atoms with E-state index in [-0.39, 0.29) is 30.0 Å². The molecule has 0 N–H and O–H groups in total. The second-order valence-electron chi connectivity index (χ2n) is 6.02. The van der Waals surface area contributed by atoms with Gasteiger partial charge in [0.2, 0.25) is 0 Å². The molecule has 0 bridgehead atoms. The van der Waals surface area contributed by atoms with Crippen molar-refractivity contribution < 1.29 is 18.3 Å². The minimum atomic E-state index is -0.988. The van der Waals surface area contributed by atoms with Gasteiger partial charge in [-0.15, -0.1) is 0 Å². The summed E-state index contributed by atoms with van der Waals surface area (Å²) in [5.74, 6) is -2.39. The van der Waals surface area contributed by atoms with Crippen LogP contribution < -0.4 is 11.2 Å². The first-order valence-corrected chi connectivity index (χ1v) is 8.66. The molecule has 2 heterocycles. The van der Waals surface area contributed by atoms with Gasteiger partial charge in [0.15, 0.2) is 11.2 Å². The molecule has 0 unspecified atom stereocenters. The fourth-order valence-electron chi connectivity index (χ4n) is 2.98. The predicted octanol–water partition coefficient (Wildman–Crippen LogP) is 1.77. The van der Waals surface area contributed by atoms with Gasteiger partial charge >= 0.3 is 11.7 Å². The van der Waals surface area contributed by atoms with Crippen molar-refractivity contribution in [2.24, 2.45) is 0 Å². The molecule has 0 spiro atoms. The van der Waals surface area contributed by atoms with Gasteiger partial charge in [0.1, 0.15) is 17.7 Å². The molecule has 0 radical (unpaired) electrons. The van der Waals surface area contributed by atoms with Gasteiger partial charge in [-0.05, 0) is 32.9 Å². The van der Waals surface area contributed by atoms with Gasteiger partial charge in [-0.25, -0.2) is 27.9 Å². The van der Waals surface area contributed by atoms with E-state index in [9.17, 15) is 23.2 Å². The molecule has 148 valence electrons. The van der Waals surface area contributed by atoms with E-state index in [1.54, 1.807) is 13.8 Å². The van der Waals surface area contributed by atoms with E-state index in [2.05, 4.69) is 4.98 Å². The van der Waals surface area contributed by atoms with Crippen LogP contribution in [-0.2, 0) is 16.1 Å². The maximum Gasteiger partial charge on any atom is 0.337 e. The Balaban J connectivity index is 2.39. The predicted molar refractivity (Wildman–Crippen MR) is 96.5 cm³/mol. The van der Waals surface area contributed by atoms with Gasteiger partial charge in [-0.2, -0.15) is 0 Å². The van der Waals surface area contributed by atoms with Gasteiger partial charge in [-0.1, -0.05) is 0 Å². The molecule has 0 aliphatic rings. The van der Waals surface area contributed by atoms with Gasteiger partial charge in [-0.3, -0.25) is 9.36 Å². The number of imidazole rings is 1. The Morgan fingerprint density at radius 2 is 1.96 bits per heavy atom. The molecule has 0 amide bonds. The van der Waals surface area contributed by atoms with Crippen molar-refractivity contribution in [3.05, 3.63) is 57.0 Å². The van der Waals surface area contributed by atoms with Crippen LogP contribution in [0, 0.1) is 11.6 Å². The highest BCUT2D eigenvalue weighted by atomic mass is 19.1. The minimum Gasteiger partial charge on any atom is -0.464 e. The van der Waals surface area contributed by atoms with Crippen molar-refractivity contribution >= 4 is 17.1 Å². The van der Waals surface area contributed by atoms with E-state index in [0.717, 1.165) is 21.3 Å². The Labute approximate surface area is 157 Å². The van der Waals surface area contributed by atoms with Crippen molar-refractivity contribution in [2.45, 2.75) is 33.4 Å². The highest BCUT2D eigenvalue weighted by Gasteiger charge is 2.25. The van der Waals surface area contributed by atoms with Crippen LogP contribution in [0.5, 0.6) is 0 Å². The van der Waals surface area contributed by atoms with Crippen LogP contribution in [0.1, 0.15) is 26.8 Å². The van der Waals surface area contributed by atoms with Crippen molar-refractivity contribution in [2.75, 3.05) is 6.61 Å². The number of aromatic nitrogens is 4. The Hall–Kier alpha value is -3.30. The molecule has 28 heavy (non-hydrogen) atoms. The molecule has 0 saturated carbocycles. The minimum absolute atomic E-state index is 0.00931. The van der Waals surface area contributed by atoms with Crippen molar-refractivity contribution in [1.29, 1.82) is 0 Å². The van der Waals surface area contributed by atoms with Crippen LogP contribution >= 0.6 is 0 Å². The Morgan fingerprint density at radius 1 is 1.25 bits per heavy atom. The van der Waals surface area contributed by atoms with Crippen molar-refractivity contribution in [3.63, 3.8) is 0 Å². The number of ether oxygens (including phenoxy) is 1. The lowest BCUT2D eigenvalue weighted by molar-refractivity contribution is -0.146. The Kier molecular flexibility index (Phi) is 5.12. The fraction of sp³-hybridized carbons (Fsp3) is 0.333. The lowest BCUT2D eigenvalue weighted by Crippen LogP contribution is -2.40. The fourth-order valence-corrected chi connectivity index (χ4v) is 2.98. The van der Waals surface area contributed by atoms with Crippen LogP contribution in [0.3, 0.4) is 0 Å². The molecule has 3 rings (SSSR count). The van der Waals surface area contributed by atoms with Crippen LogP contribution in [0.15, 0.2) is 34.1 Å². The van der Waals surface area contributed by atoms with Gasteiger partial charge in [0.25, 0.3) is 5.56 Å². The smallest absolute Gasteiger partial charge is 0.337 e. The maximum atomic E-state index is 14.4. The normalized spacial score (nSPS) is 12.3. The van der Waals surface area contributed by atoms with Crippen LogP contribution in [0.4, 0.5) is 8.78 Å². The molecule has 3 aromatic rings. The quantitative estimate of drug-likeness (QED) is 0.618. The number of benzene rings is 1. The summed E-state index contributed by atoms with van der Waals surface area (Å²) >= 11 is 0. The summed E-state index contributed by atoms with van der Waals surface area (Å²) in [6.45, 7) is 4.91. The number of rotatable bonds is 5. The molecule has 8 nitrogen and oxygen atoms in total. The number of halogens is 2. The number of hydrogen-bond acceptors (Lipinski definition) is 5. The van der Waals surface area contributed by atoms with Gasteiger partial charge in [0, 0.05) is 12.6 Å². The van der Waals surface area contributed by atoms with Crippen molar-refractivity contribution in [1.82, 2.24) is 18.7 Å². The van der Waals surface area contributed by atoms with E-state index in [4.69, 9.17) is 4.74 Å². The molecule has 2 aromatic heterocycles. The average Bonchev–Trinajstić information content (AvgIpc) is 3.08. The summed E-state index contributed by atoms with van der Waals surface area (Å²) in [5, 5.41) is 0. The molecule has 1 atom stereocenters. The molecule has 1 aromatic carbocycles. The summed E-state index contributed by atoms with van der Waals surface area (Å²) in [6, 6.07) is 1.82. The first-order chi connectivity index (χ1) is 13.3. The zero-order valence-corrected chi connectivity index (χ0v) is 15.5. The second kappa shape index (κ2) is 7.37. The lowest BCUT2D eigenvalue weighted by atomic mass is 10.3. The largest absolute Gasteiger partial charge is 0.464 e. The summed E-state index contributed by atoms with van der Waals surface area (Å²) < 4.78 is 35.7. The number of carbonyl (C=O) groups excluding carboxylic acids is 1. The first-order valence-electron chi connectivity index (χ1n) is 8.66. The van der Waals surface area contributed by atoms with Crippen molar-refractivity contribution in [3.8, 4) is 5.69 Å². The molecule has 0 aliphatic heterocycles. The van der Waals surface area contributed by atoms with Crippen LogP contribution in [0.2, 0.25) is 0 Å². The number of fused-ring (bicyclic) bond motifs is 1. The molecule has 0 fully saturated rings. The van der Waals surface area contributed by atoms with Gasteiger partial charge in [0.05, 0.1) is 18.6 Å². The lowest BCUT2D eigenvalue weighted by Gasteiger charge is -2.15. The zero-order chi connectivity index (χ0) is 20.6. The topological polar surface area (TPSA) is 88.1 Å². The molecule has 0 saturated heterocycles. The van der Waals surface area contributed by atoms with E-state index in [1.807, 2.05) is 0 Å². The van der Waals surface area contributed by atoms with E-state index in [0.29, 0.717) is 6.07 Å². The monoisotopic (exact) mass is 392 g/mol. The second-order valence-corrected chi connectivity index (χ2v) is 6.02. The van der Waals surface area contributed by atoms with E-state index < -0.39 is 34.9 Å². The molecular weight excluding hydrogens is 374 g/mol. The molecular formula is C18H18F2N4O4. The SMILES string of the molecule is CCOC(=O)[C@@H](C)n1cnc2c1c(=O)n(CC)c(=O)n2-c1ccc(F)cc1F. The first kappa shape index (κ1) is 19.5. The van der Waals surface area contributed by atoms with E-state index in [1.165, 1.54) is 17.8 Å². The third kappa shape index (κ3) is 3.00. The molecule has 0 aliphatic carbocycles. The average molecular weight is 392 g/mol. The van der Waals surface area contributed by atoms with Crippen LogP contribution in [0.25, 0.3) is 16.9 Å². The zero-order valence-electron chi connectivity index (χ0n) is 15.5. The number of carbonyl (C=O) groups is 1.